The second-order valence-electron chi connectivity index (χ2n) is 5.37. The van der Waals surface area contributed by atoms with E-state index < -0.39 is 10.0 Å². The average Bonchev–Trinajstić information content (AvgIpc) is 2.46. The van der Waals surface area contributed by atoms with Gasteiger partial charge in [-0.15, -0.1) is 0 Å². The lowest BCUT2D eigenvalue weighted by molar-refractivity contribution is 0.252. The molecular formula is C15H23N3O3S. The van der Waals surface area contributed by atoms with Gasteiger partial charge in [0.05, 0.1) is 5.75 Å². The van der Waals surface area contributed by atoms with Gasteiger partial charge in [-0.3, -0.25) is 0 Å². The smallest absolute Gasteiger partial charge is 0.319 e. The maximum atomic E-state index is 12.2. The first-order valence-corrected chi connectivity index (χ1v) is 9.21. The number of rotatable bonds is 5. The van der Waals surface area contributed by atoms with Crippen LogP contribution in [-0.4, -0.2) is 37.6 Å². The van der Waals surface area contributed by atoms with E-state index in [2.05, 4.69) is 10.6 Å². The summed E-state index contributed by atoms with van der Waals surface area (Å²) in [7, 11) is -3.19. The fourth-order valence-electron chi connectivity index (χ4n) is 2.57. The molecule has 0 saturated carbocycles. The topological polar surface area (TPSA) is 78.5 Å². The minimum absolute atomic E-state index is 0.180. The number of benzene rings is 1. The van der Waals surface area contributed by atoms with Crippen molar-refractivity contribution in [3.05, 3.63) is 29.3 Å². The van der Waals surface area contributed by atoms with Crippen molar-refractivity contribution in [1.29, 1.82) is 0 Å². The SMILES string of the molecule is CCCS(=O)(=O)N1CCc2ccc(NC(=O)NCC)cc2C1. The quantitative estimate of drug-likeness (QED) is 0.868. The molecule has 0 unspecified atom stereocenters. The van der Waals surface area contributed by atoms with Gasteiger partial charge in [0.25, 0.3) is 0 Å². The van der Waals surface area contributed by atoms with Crippen LogP contribution < -0.4 is 10.6 Å². The molecule has 2 amide bonds. The van der Waals surface area contributed by atoms with Crippen LogP contribution in [0.25, 0.3) is 0 Å². The number of carbonyl (C=O) groups is 1. The molecular weight excluding hydrogens is 302 g/mol. The Labute approximate surface area is 131 Å². The zero-order valence-electron chi connectivity index (χ0n) is 13.1. The van der Waals surface area contributed by atoms with Gasteiger partial charge in [0.15, 0.2) is 0 Å². The van der Waals surface area contributed by atoms with Crippen LogP contribution in [0, 0.1) is 0 Å². The van der Waals surface area contributed by atoms with Crippen molar-refractivity contribution < 1.29 is 13.2 Å². The Morgan fingerprint density at radius 3 is 2.73 bits per heavy atom. The molecule has 0 radical (unpaired) electrons. The van der Waals surface area contributed by atoms with Crippen LogP contribution in [0.1, 0.15) is 31.4 Å². The average molecular weight is 325 g/mol. The van der Waals surface area contributed by atoms with E-state index in [-0.39, 0.29) is 11.8 Å². The molecule has 1 aromatic rings. The molecule has 7 heteroatoms. The molecule has 1 aliphatic rings. The van der Waals surface area contributed by atoms with Crippen molar-refractivity contribution in [2.24, 2.45) is 0 Å². The number of hydrogen-bond acceptors (Lipinski definition) is 3. The molecule has 0 spiro atoms. The number of carbonyl (C=O) groups excluding carboxylic acids is 1. The monoisotopic (exact) mass is 325 g/mol. The summed E-state index contributed by atoms with van der Waals surface area (Å²) in [6, 6.07) is 5.41. The maximum Gasteiger partial charge on any atom is 0.319 e. The molecule has 122 valence electrons. The van der Waals surface area contributed by atoms with Crippen LogP contribution in [0.3, 0.4) is 0 Å². The summed E-state index contributed by atoms with van der Waals surface area (Å²) in [5.74, 6) is 0.180. The second-order valence-corrected chi connectivity index (χ2v) is 7.46. The first kappa shape index (κ1) is 16.8. The Kier molecular flexibility index (Phi) is 5.42. The summed E-state index contributed by atoms with van der Waals surface area (Å²) < 4.78 is 25.9. The van der Waals surface area contributed by atoms with Crippen LogP contribution >= 0.6 is 0 Å². The van der Waals surface area contributed by atoms with Gasteiger partial charge >= 0.3 is 6.03 Å². The summed E-state index contributed by atoms with van der Waals surface area (Å²) in [6.07, 6.45) is 1.32. The number of amides is 2. The van der Waals surface area contributed by atoms with E-state index in [4.69, 9.17) is 0 Å². The first-order valence-electron chi connectivity index (χ1n) is 7.60. The predicted molar refractivity (Wildman–Crippen MR) is 87.3 cm³/mol. The van der Waals surface area contributed by atoms with Gasteiger partial charge in [-0.2, -0.15) is 4.31 Å². The van der Waals surface area contributed by atoms with Crippen LogP contribution in [0.5, 0.6) is 0 Å². The first-order chi connectivity index (χ1) is 10.5. The largest absolute Gasteiger partial charge is 0.338 e. The van der Waals surface area contributed by atoms with Gasteiger partial charge < -0.3 is 10.6 Å². The third kappa shape index (κ3) is 3.98. The van der Waals surface area contributed by atoms with Crippen LogP contribution in [-0.2, 0) is 23.0 Å². The number of anilines is 1. The van der Waals surface area contributed by atoms with Gasteiger partial charge in [0.1, 0.15) is 0 Å². The van der Waals surface area contributed by atoms with E-state index in [1.165, 1.54) is 4.31 Å². The normalized spacial score (nSPS) is 15.2. The number of fused-ring (bicyclic) bond motifs is 1. The summed E-state index contributed by atoms with van der Waals surface area (Å²) in [4.78, 5) is 11.6. The van der Waals surface area contributed by atoms with E-state index in [0.717, 1.165) is 11.1 Å². The lowest BCUT2D eigenvalue weighted by atomic mass is 10.0. The van der Waals surface area contributed by atoms with Crippen molar-refractivity contribution in [3.63, 3.8) is 0 Å². The highest BCUT2D eigenvalue weighted by atomic mass is 32.2. The summed E-state index contributed by atoms with van der Waals surface area (Å²) in [6.45, 7) is 5.17. The van der Waals surface area contributed by atoms with Crippen molar-refractivity contribution >= 4 is 21.7 Å². The fraction of sp³-hybridized carbons (Fsp3) is 0.533. The lowest BCUT2D eigenvalue weighted by Crippen LogP contribution is -2.37. The van der Waals surface area contributed by atoms with Crippen molar-refractivity contribution in [2.75, 3.05) is 24.2 Å². The molecule has 0 atom stereocenters. The van der Waals surface area contributed by atoms with E-state index >= 15 is 0 Å². The molecule has 1 aromatic carbocycles. The molecule has 1 aliphatic heterocycles. The molecule has 0 aromatic heterocycles. The van der Waals surface area contributed by atoms with E-state index in [0.29, 0.717) is 38.2 Å². The van der Waals surface area contributed by atoms with E-state index in [9.17, 15) is 13.2 Å². The number of nitrogens with zero attached hydrogens (tertiary/aromatic N) is 1. The highest BCUT2D eigenvalue weighted by Crippen LogP contribution is 2.24. The van der Waals surface area contributed by atoms with Crippen molar-refractivity contribution in [1.82, 2.24) is 9.62 Å². The third-order valence-electron chi connectivity index (χ3n) is 3.63. The summed E-state index contributed by atoms with van der Waals surface area (Å²) in [5.41, 5.74) is 2.78. The Morgan fingerprint density at radius 1 is 1.27 bits per heavy atom. The van der Waals surface area contributed by atoms with E-state index in [1.54, 1.807) is 0 Å². The minimum atomic E-state index is -3.19. The van der Waals surface area contributed by atoms with Gasteiger partial charge in [-0.05, 0) is 43.0 Å². The van der Waals surface area contributed by atoms with Gasteiger partial charge in [0, 0.05) is 25.3 Å². The highest BCUT2D eigenvalue weighted by molar-refractivity contribution is 7.89. The Bertz CT molecular complexity index is 643. The molecule has 1 heterocycles. The molecule has 2 N–H and O–H groups in total. The Hall–Kier alpha value is -1.60. The summed E-state index contributed by atoms with van der Waals surface area (Å²) >= 11 is 0. The molecule has 0 bridgehead atoms. The number of nitrogens with one attached hydrogen (secondary N) is 2. The van der Waals surface area contributed by atoms with Gasteiger partial charge in [0.2, 0.25) is 10.0 Å². The van der Waals surface area contributed by atoms with Crippen molar-refractivity contribution in [3.8, 4) is 0 Å². The minimum Gasteiger partial charge on any atom is -0.338 e. The lowest BCUT2D eigenvalue weighted by Gasteiger charge is -2.28. The number of hydrogen-bond donors (Lipinski definition) is 2. The zero-order chi connectivity index (χ0) is 16.2. The third-order valence-corrected chi connectivity index (χ3v) is 5.66. The second kappa shape index (κ2) is 7.11. The van der Waals surface area contributed by atoms with Crippen LogP contribution in [0.4, 0.5) is 10.5 Å². The maximum absolute atomic E-state index is 12.2. The Balaban J connectivity index is 2.14. The number of sulfonamides is 1. The molecule has 2 rings (SSSR count). The zero-order valence-corrected chi connectivity index (χ0v) is 13.9. The van der Waals surface area contributed by atoms with Crippen LogP contribution in [0.15, 0.2) is 18.2 Å². The fourth-order valence-corrected chi connectivity index (χ4v) is 4.05. The standard InChI is InChI=1S/C15H23N3O3S/c1-3-9-22(20,21)18-8-7-12-5-6-14(10-13(12)11-18)17-15(19)16-4-2/h5-6,10H,3-4,7-9,11H2,1-2H3,(H2,16,17,19). The number of urea groups is 1. The molecule has 0 aliphatic carbocycles. The van der Waals surface area contributed by atoms with E-state index in [1.807, 2.05) is 32.0 Å². The highest BCUT2D eigenvalue weighted by Gasteiger charge is 2.26. The van der Waals surface area contributed by atoms with Crippen molar-refractivity contribution in [2.45, 2.75) is 33.2 Å². The van der Waals surface area contributed by atoms with Gasteiger partial charge in [-0.1, -0.05) is 13.0 Å². The molecule has 0 saturated heterocycles. The molecule has 0 fully saturated rings. The predicted octanol–water partition coefficient (Wildman–Crippen LogP) is 1.93. The molecule has 22 heavy (non-hydrogen) atoms. The van der Waals surface area contributed by atoms with Gasteiger partial charge in [-0.25, -0.2) is 13.2 Å². The van der Waals surface area contributed by atoms with Crippen LogP contribution in [0.2, 0.25) is 0 Å². The summed E-state index contributed by atoms with van der Waals surface area (Å²) in [5, 5.41) is 5.42. The molecule has 6 nitrogen and oxygen atoms in total. The Morgan fingerprint density at radius 2 is 2.05 bits per heavy atom.